The number of aryl methyl sites for hydroxylation is 1. The quantitative estimate of drug-likeness (QED) is 0.660. The van der Waals surface area contributed by atoms with Gasteiger partial charge in [-0.05, 0) is 74.6 Å². The van der Waals surface area contributed by atoms with Crippen LogP contribution in [0.25, 0.3) is 5.69 Å². The molecule has 1 aromatic carbocycles. The Morgan fingerprint density at radius 3 is 2.54 bits per heavy atom. The number of methoxy groups -OCH3 is 1. The molecule has 3 heterocycles. The van der Waals surface area contributed by atoms with Crippen molar-refractivity contribution in [2.45, 2.75) is 25.9 Å². The minimum absolute atomic E-state index is 0.0000478. The summed E-state index contributed by atoms with van der Waals surface area (Å²) in [5, 5.41) is 4.25. The topological polar surface area (TPSA) is 42.3 Å². The highest BCUT2D eigenvalue weighted by molar-refractivity contribution is 7.80. The van der Waals surface area contributed by atoms with Gasteiger partial charge in [0.1, 0.15) is 5.75 Å². The van der Waals surface area contributed by atoms with Crippen LogP contribution >= 0.6 is 12.2 Å². The van der Waals surface area contributed by atoms with Gasteiger partial charge in [0.15, 0.2) is 5.11 Å². The molecule has 1 fully saturated rings. The summed E-state index contributed by atoms with van der Waals surface area (Å²) in [6, 6.07) is 18.6. The van der Waals surface area contributed by atoms with Gasteiger partial charge in [0.05, 0.1) is 24.9 Å². The Bertz CT molecular complexity index is 968. The van der Waals surface area contributed by atoms with E-state index >= 15 is 0 Å². The van der Waals surface area contributed by atoms with E-state index < -0.39 is 0 Å². The summed E-state index contributed by atoms with van der Waals surface area (Å²) in [4.78, 5) is 6.84. The minimum atomic E-state index is -0.0000478. The van der Waals surface area contributed by atoms with Crippen LogP contribution in [-0.4, -0.2) is 33.2 Å². The predicted octanol–water partition coefficient (Wildman–Crippen LogP) is 4.18. The molecular formula is C22H24N4OS. The number of rotatable bonds is 5. The number of benzene rings is 1. The number of nitrogens with zero attached hydrogens (tertiary/aromatic N) is 3. The minimum Gasteiger partial charge on any atom is -0.497 e. The van der Waals surface area contributed by atoms with Crippen LogP contribution in [0, 0.1) is 6.92 Å². The lowest BCUT2D eigenvalue weighted by molar-refractivity contribution is 0.320. The molecule has 5 nitrogen and oxygen atoms in total. The summed E-state index contributed by atoms with van der Waals surface area (Å²) in [6.07, 6.45) is 1.83. The van der Waals surface area contributed by atoms with E-state index in [-0.39, 0.29) is 12.1 Å². The van der Waals surface area contributed by atoms with Crippen molar-refractivity contribution in [2.75, 3.05) is 13.7 Å². The molecule has 0 bridgehead atoms. The summed E-state index contributed by atoms with van der Waals surface area (Å²) in [5.74, 6) is 0.848. The second-order valence-corrected chi connectivity index (χ2v) is 7.23. The zero-order valence-electron chi connectivity index (χ0n) is 16.3. The van der Waals surface area contributed by atoms with Crippen molar-refractivity contribution < 1.29 is 4.74 Å². The average molecular weight is 393 g/mol. The third-order valence-corrected chi connectivity index (χ3v) is 5.63. The summed E-state index contributed by atoms with van der Waals surface area (Å²) in [5.41, 5.74) is 4.46. The molecule has 0 saturated carbocycles. The van der Waals surface area contributed by atoms with Gasteiger partial charge in [-0.1, -0.05) is 6.07 Å². The van der Waals surface area contributed by atoms with E-state index in [1.807, 2.05) is 30.5 Å². The highest BCUT2D eigenvalue weighted by Crippen LogP contribution is 2.40. The maximum absolute atomic E-state index is 5.65. The van der Waals surface area contributed by atoms with Crippen molar-refractivity contribution in [3.8, 4) is 11.4 Å². The Morgan fingerprint density at radius 1 is 1.11 bits per heavy atom. The molecule has 1 aliphatic heterocycles. The van der Waals surface area contributed by atoms with Crippen LogP contribution in [0.4, 0.5) is 0 Å². The molecule has 0 unspecified atom stereocenters. The molecule has 6 heteroatoms. The van der Waals surface area contributed by atoms with Crippen molar-refractivity contribution in [1.82, 2.24) is 19.8 Å². The zero-order chi connectivity index (χ0) is 19.7. The van der Waals surface area contributed by atoms with Crippen LogP contribution in [-0.2, 0) is 0 Å². The average Bonchev–Trinajstić information content (AvgIpc) is 3.27. The van der Waals surface area contributed by atoms with E-state index in [4.69, 9.17) is 17.0 Å². The second-order valence-electron chi connectivity index (χ2n) is 6.85. The van der Waals surface area contributed by atoms with Crippen molar-refractivity contribution in [1.29, 1.82) is 0 Å². The van der Waals surface area contributed by atoms with E-state index in [1.54, 1.807) is 7.11 Å². The van der Waals surface area contributed by atoms with Gasteiger partial charge < -0.3 is 19.5 Å². The van der Waals surface area contributed by atoms with Gasteiger partial charge in [-0.3, -0.25) is 4.98 Å². The molecule has 0 spiro atoms. The molecule has 28 heavy (non-hydrogen) atoms. The van der Waals surface area contributed by atoms with Crippen molar-refractivity contribution in [2.24, 2.45) is 0 Å². The van der Waals surface area contributed by atoms with Gasteiger partial charge in [-0.15, -0.1) is 0 Å². The van der Waals surface area contributed by atoms with Gasteiger partial charge in [0.2, 0.25) is 0 Å². The lowest BCUT2D eigenvalue weighted by Gasteiger charge is -2.28. The van der Waals surface area contributed by atoms with Gasteiger partial charge >= 0.3 is 0 Å². The Hall–Kier alpha value is -2.86. The van der Waals surface area contributed by atoms with E-state index in [0.717, 1.165) is 28.8 Å². The Kier molecular flexibility index (Phi) is 5.05. The number of pyridine rings is 1. The molecule has 0 amide bonds. The van der Waals surface area contributed by atoms with Crippen molar-refractivity contribution in [3.63, 3.8) is 0 Å². The zero-order valence-corrected chi connectivity index (χ0v) is 17.1. The van der Waals surface area contributed by atoms with Gasteiger partial charge in [0.25, 0.3) is 0 Å². The molecule has 3 aromatic rings. The SMILES string of the molecule is CCN1C(=S)N[C@H](c2ccccn2)[C@H]1c1ccc(C)n1-c1ccc(OC)cc1. The number of nitrogens with one attached hydrogen (secondary N) is 1. The molecule has 1 saturated heterocycles. The molecule has 2 aromatic heterocycles. The number of ether oxygens (including phenoxy) is 1. The fourth-order valence-electron chi connectivity index (χ4n) is 3.94. The first-order chi connectivity index (χ1) is 13.6. The Balaban J connectivity index is 1.82. The van der Waals surface area contributed by atoms with Crippen LogP contribution in [0.1, 0.15) is 36.1 Å². The molecule has 1 aliphatic rings. The van der Waals surface area contributed by atoms with Crippen LogP contribution in [0.2, 0.25) is 0 Å². The third kappa shape index (κ3) is 3.14. The molecule has 0 aliphatic carbocycles. The van der Waals surface area contributed by atoms with Gasteiger partial charge in [0, 0.05) is 29.8 Å². The normalized spacial score (nSPS) is 19.0. The first-order valence-electron chi connectivity index (χ1n) is 9.44. The Morgan fingerprint density at radius 2 is 1.89 bits per heavy atom. The number of aromatic nitrogens is 2. The highest BCUT2D eigenvalue weighted by atomic mass is 32.1. The summed E-state index contributed by atoms with van der Waals surface area (Å²) in [6.45, 7) is 5.09. The number of hydrogen-bond donors (Lipinski definition) is 1. The molecule has 4 rings (SSSR count). The maximum atomic E-state index is 5.65. The summed E-state index contributed by atoms with van der Waals surface area (Å²) < 4.78 is 7.61. The molecule has 1 N–H and O–H groups in total. The van der Waals surface area contributed by atoms with E-state index in [9.17, 15) is 0 Å². The summed E-state index contributed by atoms with van der Waals surface area (Å²) in [7, 11) is 1.68. The third-order valence-electron chi connectivity index (χ3n) is 5.28. The van der Waals surface area contributed by atoms with Crippen molar-refractivity contribution >= 4 is 17.3 Å². The second kappa shape index (κ2) is 7.64. The van der Waals surface area contributed by atoms with E-state index in [2.05, 4.69) is 63.9 Å². The van der Waals surface area contributed by atoms with Gasteiger partial charge in [-0.25, -0.2) is 0 Å². The van der Waals surface area contributed by atoms with E-state index in [0.29, 0.717) is 0 Å². The highest BCUT2D eigenvalue weighted by Gasteiger charge is 2.40. The van der Waals surface area contributed by atoms with Crippen LogP contribution in [0.5, 0.6) is 5.75 Å². The predicted molar refractivity (Wildman–Crippen MR) is 115 cm³/mol. The maximum Gasteiger partial charge on any atom is 0.170 e. The van der Waals surface area contributed by atoms with Crippen molar-refractivity contribution in [3.05, 3.63) is 77.9 Å². The summed E-state index contributed by atoms with van der Waals surface area (Å²) >= 11 is 5.65. The Labute approximate surface area is 171 Å². The first-order valence-corrected chi connectivity index (χ1v) is 9.85. The monoisotopic (exact) mass is 392 g/mol. The number of likely N-dealkylation sites (N-methyl/N-ethyl adjacent to an activating group) is 1. The molecule has 144 valence electrons. The first kappa shape index (κ1) is 18.5. The lowest BCUT2D eigenvalue weighted by atomic mass is 10.0. The fraction of sp³-hybridized carbons (Fsp3) is 0.273. The largest absolute Gasteiger partial charge is 0.497 e. The molecule has 0 radical (unpaired) electrons. The van der Waals surface area contributed by atoms with Crippen LogP contribution in [0.15, 0.2) is 60.8 Å². The standard InChI is InChI=1S/C22H24N4OS/c1-4-25-21(20(24-22(25)28)18-7-5-6-14-23-18)19-13-8-15(2)26(19)16-9-11-17(27-3)12-10-16/h5-14,20-21H,4H2,1-3H3,(H,24,28)/t20-,21-/m1/s1. The number of thiocarbonyl (C=S) groups is 1. The van der Waals surface area contributed by atoms with Crippen LogP contribution in [0.3, 0.4) is 0 Å². The lowest BCUT2D eigenvalue weighted by Crippen LogP contribution is -2.30. The van der Waals surface area contributed by atoms with Gasteiger partial charge in [-0.2, -0.15) is 0 Å². The fourth-order valence-corrected chi connectivity index (χ4v) is 4.31. The smallest absolute Gasteiger partial charge is 0.170 e. The molecule has 2 atom stereocenters. The number of hydrogen-bond acceptors (Lipinski definition) is 3. The van der Waals surface area contributed by atoms with E-state index in [1.165, 1.54) is 11.4 Å². The molecular weight excluding hydrogens is 368 g/mol. The van der Waals surface area contributed by atoms with Crippen LogP contribution < -0.4 is 10.1 Å².